The van der Waals surface area contributed by atoms with Gasteiger partial charge in [0.1, 0.15) is 0 Å². The van der Waals surface area contributed by atoms with Gasteiger partial charge in [0.05, 0.1) is 13.2 Å². The molecule has 2 aliphatic heterocycles. The fourth-order valence-electron chi connectivity index (χ4n) is 1.87. The predicted molar refractivity (Wildman–Crippen MR) is 48.5 cm³/mol. The lowest BCUT2D eigenvalue weighted by Gasteiger charge is -2.35. The Kier molecular flexibility index (Phi) is 2.52. The molecule has 2 fully saturated rings. The molecular weight excluding hydrogens is 208 g/mol. The molecule has 14 heavy (non-hydrogen) atoms. The highest BCUT2D eigenvalue weighted by Gasteiger charge is 2.41. The molecule has 0 aliphatic carbocycles. The molecule has 0 aromatic carbocycles. The van der Waals surface area contributed by atoms with Crippen LogP contribution in [-0.2, 0) is 19.7 Å². The number of piperidine rings is 1. The molecule has 0 amide bonds. The molecule has 0 radical (unpaired) electrons. The lowest BCUT2D eigenvalue weighted by Crippen LogP contribution is -2.49. The van der Waals surface area contributed by atoms with Gasteiger partial charge in [0.2, 0.25) is 0 Å². The van der Waals surface area contributed by atoms with Crippen LogP contribution >= 0.6 is 0 Å². The molecule has 0 atom stereocenters. The van der Waals surface area contributed by atoms with Crippen LogP contribution in [0.4, 0.5) is 0 Å². The van der Waals surface area contributed by atoms with Gasteiger partial charge < -0.3 is 9.47 Å². The van der Waals surface area contributed by atoms with E-state index >= 15 is 0 Å². The monoisotopic (exact) mass is 222 g/mol. The molecule has 7 heteroatoms. The van der Waals surface area contributed by atoms with Crippen LogP contribution in [0.15, 0.2) is 0 Å². The van der Waals surface area contributed by atoms with Crippen molar-refractivity contribution < 1.29 is 17.9 Å². The van der Waals surface area contributed by atoms with Gasteiger partial charge >= 0.3 is 0 Å². The highest BCUT2D eigenvalue weighted by molar-refractivity contribution is 7.86. The predicted octanol–water partition coefficient (Wildman–Crippen LogP) is -0.971. The SMILES string of the molecule is NS(=O)(=O)N1CCC2(CC1)OCCO2. The first-order valence-electron chi connectivity index (χ1n) is 4.58. The molecule has 2 N–H and O–H groups in total. The van der Waals surface area contributed by atoms with Crippen molar-refractivity contribution in [2.75, 3.05) is 26.3 Å². The number of ether oxygens (including phenoxy) is 2. The summed E-state index contributed by atoms with van der Waals surface area (Å²) in [6.07, 6.45) is 1.12. The van der Waals surface area contributed by atoms with Gasteiger partial charge in [-0.15, -0.1) is 0 Å². The van der Waals surface area contributed by atoms with E-state index in [0.29, 0.717) is 39.1 Å². The van der Waals surface area contributed by atoms with Gasteiger partial charge in [0, 0.05) is 25.9 Å². The Morgan fingerprint density at radius 1 is 1.14 bits per heavy atom. The van der Waals surface area contributed by atoms with E-state index in [0.717, 1.165) is 0 Å². The van der Waals surface area contributed by atoms with Crippen LogP contribution in [0.1, 0.15) is 12.8 Å². The fourth-order valence-corrected chi connectivity index (χ4v) is 2.56. The standard InChI is InChI=1S/C7H14N2O4S/c8-14(10,11)9-3-1-7(2-4-9)12-5-6-13-7/h1-6H2,(H2,8,10,11). The second-order valence-corrected chi connectivity index (χ2v) is 5.10. The first kappa shape index (κ1) is 10.3. The van der Waals surface area contributed by atoms with Crippen molar-refractivity contribution in [1.82, 2.24) is 4.31 Å². The number of hydrogen-bond acceptors (Lipinski definition) is 4. The van der Waals surface area contributed by atoms with Gasteiger partial charge in [-0.05, 0) is 0 Å². The first-order chi connectivity index (χ1) is 6.52. The van der Waals surface area contributed by atoms with Crippen LogP contribution in [0.25, 0.3) is 0 Å². The van der Waals surface area contributed by atoms with Gasteiger partial charge in [-0.2, -0.15) is 12.7 Å². The van der Waals surface area contributed by atoms with Gasteiger partial charge in [0.15, 0.2) is 5.79 Å². The summed E-state index contributed by atoms with van der Waals surface area (Å²) in [5.74, 6) is -0.540. The lowest BCUT2D eigenvalue weighted by molar-refractivity contribution is -0.179. The van der Waals surface area contributed by atoms with Crippen LogP contribution in [0, 0.1) is 0 Å². The van der Waals surface area contributed by atoms with E-state index in [2.05, 4.69) is 0 Å². The van der Waals surface area contributed by atoms with Crippen LogP contribution < -0.4 is 5.14 Å². The summed E-state index contributed by atoms with van der Waals surface area (Å²) in [5.41, 5.74) is 0. The summed E-state index contributed by atoms with van der Waals surface area (Å²) in [5, 5.41) is 5.01. The lowest BCUT2D eigenvalue weighted by atomic mass is 10.1. The van der Waals surface area contributed by atoms with Crippen molar-refractivity contribution in [3.05, 3.63) is 0 Å². The summed E-state index contributed by atoms with van der Waals surface area (Å²) in [4.78, 5) is 0. The zero-order chi connectivity index (χ0) is 10.2. The quantitative estimate of drug-likeness (QED) is 0.619. The number of nitrogens with zero attached hydrogens (tertiary/aromatic N) is 1. The minimum atomic E-state index is -3.55. The van der Waals surface area contributed by atoms with Gasteiger partial charge in [-0.1, -0.05) is 0 Å². The minimum absolute atomic E-state index is 0.374. The zero-order valence-electron chi connectivity index (χ0n) is 7.81. The Hall–Kier alpha value is -0.210. The van der Waals surface area contributed by atoms with E-state index < -0.39 is 16.0 Å². The van der Waals surface area contributed by atoms with E-state index in [1.165, 1.54) is 4.31 Å². The summed E-state index contributed by atoms with van der Waals surface area (Å²) in [6, 6.07) is 0. The Labute approximate surface area is 83.1 Å². The normalized spacial score (nSPS) is 28.4. The van der Waals surface area contributed by atoms with Gasteiger partial charge in [0.25, 0.3) is 10.2 Å². The average Bonchev–Trinajstić information content (AvgIpc) is 2.53. The van der Waals surface area contributed by atoms with Gasteiger partial charge in [-0.25, -0.2) is 5.14 Å². The third kappa shape index (κ3) is 1.91. The first-order valence-corrected chi connectivity index (χ1v) is 6.08. The van der Waals surface area contributed by atoms with E-state index in [4.69, 9.17) is 14.6 Å². The van der Waals surface area contributed by atoms with Crippen LogP contribution in [0.3, 0.4) is 0 Å². The van der Waals surface area contributed by atoms with Crippen molar-refractivity contribution in [3.8, 4) is 0 Å². The Morgan fingerprint density at radius 3 is 2.07 bits per heavy atom. The number of rotatable bonds is 1. The smallest absolute Gasteiger partial charge is 0.276 e. The molecule has 0 aromatic rings. The third-order valence-corrected chi connectivity index (χ3v) is 3.74. The van der Waals surface area contributed by atoms with Gasteiger partial charge in [-0.3, -0.25) is 0 Å². The highest BCUT2D eigenvalue weighted by atomic mass is 32.2. The molecule has 2 rings (SSSR count). The largest absolute Gasteiger partial charge is 0.347 e. The highest BCUT2D eigenvalue weighted by Crippen LogP contribution is 2.31. The summed E-state index contributed by atoms with van der Waals surface area (Å²) in [6.45, 7) is 1.93. The van der Waals surface area contributed by atoms with E-state index in [1.54, 1.807) is 0 Å². The van der Waals surface area contributed by atoms with E-state index in [1.807, 2.05) is 0 Å². The maximum absolute atomic E-state index is 11.0. The topological polar surface area (TPSA) is 81.9 Å². The van der Waals surface area contributed by atoms with Crippen molar-refractivity contribution >= 4 is 10.2 Å². The fraction of sp³-hybridized carbons (Fsp3) is 1.00. The Balaban J connectivity index is 1.98. The van der Waals surface area contributed by atoms with E-state index in [9.17, 15) is 8.42 Å². The molecule has 1 spiro atoms. The third-order valence-electron chi connectivity index (χ3n) is 2.66. The molecule has 6 nitrogen and oxygen atoms in total. The maximum Gasteiger partial charge on any atom is 0.276 e. The van der Waals surface area contributed by atoms with Crippen molar-refractivity contribution in [1.29, 1.82) is 0 Å². The van der Waals surface area contributed by atoms with Crippen molar-refractivity contribution in [3.63, 3.8) is 0 Å². The maximum atomic E-state index is 11.0. The van der Waals surface area contributed by atoms with E-state index in [-0.39, 0.29) is 0 Å². The summed E-state index contributed by atoms with van der Waals surface area (Å²) >= 11 is 0. The molecule has 2 heterocycles. The molecule has 82 valence electrons. The molecule has 2 saturated heterocycles. The number of hydrogen-bond donors (Lipinski definition) is 1. The molecule has 0 unspecified atom stereocenters. The Morgan fingerprint density at radius 2 is 1.64 bits per heavy atom. The molecule has 0 aromatic heterocycles. The molecule has 0 saturated carbocycles. The van der Waals surface area contributed by atoms with Crippen molar-refractivity contribution in [2.45, 2.75) is 18.6 Å². The summed E-state index contributed by atoms with van der Waals surface area (Å²) in [7, 11) is -3.55. The Bertz CT molecular complexity index is 300. The molecule has 0 bridgehead atoms. The van der Waals surface area contributed by atoms with Crippen LogP contribution in [0.2, 0.25) is 0 Å². The molecule has 2 aliphatic rings. The van der Waals surface area contributed by atoms with Crippen molar-refractivity contribution in [2.24, 2.45) is 5.14 Å². The second-order valence-electron chi connectivity index (χ2n) is 3.55. The molecular formula is C7H14N2O4S. The number of nitrogens with two attached hydrogens (primary N) is 1. The average molecular weight is 222 g/mol. The van der Waals surface area contributed by atoms with Crippen LogP contribution in [-0.4, -0.2) is 44.8 Å². The second kappa shape index (κ2) is 3.42. The van der Waals surface area contributed by atoms with Crippen LogP contribution in [0.5, 0.6) is 0 Å². The summed E-state index contributed by atoms with van der Waals surface area (Å²) < 4.78 is 34.2. The minimum Gasteiger partial charge on any atom is -0.347 e. The zero-order valence-corrected chi connectivity index (χ0v) is 8.62.